The van der Waals surface area contributed by atoms with Crippen LogP contribution in [0.1, 0.15) is 44.3 Å². The van der Waals surface area contributed by atoms with Crippen molar-refractivity contribution in [3.05, 3.63) is 29.8 Å². The van der Waals surface area contributed by atoms with E-state index in [4.69, 9.17) is 4.74 Å². The van der Waals surface area contributed by atoms with Gasteiger partial charge in [0, 0.05) is 6.04 Å². The summed E-state index contributed by atoms with van der Waals surface area (Å²) < 4.78 is 5.81. The Morgan fingerprint density at radius 1 is 1.42 bits per heavy atom. The van der Waals surface area contributed by atoms with Gasteiger partial charge in [-0.05, 0) is 57.5 Å². The summed E-state index contributed by atoms with van der Waals surface area (Å²) in [6.45, 7) is 3.73. The van der Waals surface area contributed by atoms with Crippen LogP contribution in [-0.4, -0.2) is 36.2 Å². The standard InChI is InChI=1S/C16H25NO2/c1-13(18)14-6-5-8-16(12-14)19-11-9-15-7-3-4-10-17(15)2/h5-6,8,12-13,15,18H,3-4,7,9-11H2,1-2H3/t13-,15?/m0/s1. The molecule has 1 N–H and O–H groups in total. The maximum Gasteiger partial charge on any atom is 0.119 e. The first-order valence-electron chi connectivity index (χ1n) is 7.28. The fraction of sp³-hybridized carbons (Fsp3) is 0.625. The second-order valence-corrected chi connectivity index (χ2v) is 5.52. The molecule has 0 amide bonds. The summed E-state index contributed by atoms with van der Waals surface area (Å²) in [6.07, 6.45) is 4.59. The van der Waals surface area contributed by atoms with Crippen molar-refractivity contribution >= 4 is 0 Å². The number of aliphatic hydroxyl groups is 1. The van der Waals surface area contributed by atoms with E-state index in [2.05, 4.69) is 11.9 Å². The number of hydrogen-bond donors (Lipinski definition) is 1. The normalized spacial score (nSPS) is 22.2. The summed E-state index contributed by atoms with van der Waals surface area (Å²) in [4.78, 5) is 2.44. The zero-order chi connectivity index (χ0) is 13.7. The van der Waals surface area contributed by atoms with Crippen molar-refractivity contribution in [1.29, 1.82) is 0 Å². The number of rotatable bonds is 5. The first-order chi connectivity index (χ1) is 9.16. The molecule has 0 spiro atoms. The van der Waals surface area contributed by atoms with Gasteiger partial charge in [0.2, 0.25) is 0 Å². The van der Waals surface area contributed by atoms with E-state index in [9.17, 15) is 5.11 Å². The Balaban J connectivity index is 1.80. The predicted molar refractivity (Wildman–Crippen MR) is 77.5 cm³/mol. The van der Waals surface area contributed by atoms with Crippen LogP contribution in [0, 0.1) is 0 Å². The maximum absolute atomic E-state index is 9.55. The highest BCUT2D eigenvalue weighted by molar-refractivity contribution is 5.29. The lowest BCUT2D eigenvalue weighted by atomic mass is 10.0. The van der Waals surface area contributed by atoms with Gasteiger partial charge in [-0.15, -0.1) is 0 Å². The largest absolute Gasteiger partial charge is 0.494 e. The Bertz CT molecular complexity index is 392. The van der Waals surface area contributed by atoms with Crippen LogP contribution in [0.3, 0.4) is 0 Å². The first-order valence-corrected chi connectivity index (χ1v) is 7.28. The number of likely N-dealkylation sites (tertiary alicyclic amines) is 1. The van der Waals surface area contributed by atoms with Gasteiger partial charge < -0.3 is 14.7 Å². The molecule has 1 aliphatic rings. The van der Waals surface area contributed by atoms with Gasteiger partial charge in [0.05, 0.1) is 12.7 Å². The molecule has 0 saturated carbocycles. The van der Waals surface area contributed by atoms with E-state index in [0.29, 0.717) is 6.04 Å². The summed E-state index contributed by atoms with van der Waals surface area (Å²) in [5.74, 6) is 0.858. The topological polar surface area (TPSA) is 32.7 Å². The molecule has 1 aromatic carbocycles. The van der Waals surface area contributed by atoms with Crippen molar-refractivity contribution in [2.45, 2.75) is 44.8 Å². The third kappa shape index (κ3) is 4.22. The maximum atomic E-state index is 9.55. The van der Waals surface area contributed by atoms with E-state index in [0.717, 1.165) is 24.3 Å². The van der Waals surface area contributed by atoms with Gasteiger partial charge in [0.15, 0.2) is 0 Å². The van der Waals surface area contributed by atoms with Crippen LogP contribution >= 0.6 is 0 Å². The number of ether oxygens (including phenoxy) is 1. The zero-order valence-electron chi connectivity index (χ0n) is 12.0. The van der Waals surface area contributed by atoms with E-state index < -0.39 is 6.10 Å². The molecule has 3 nitrogen and oxygen atoms in total. The monoisotopic (exact) mass is 263 g/mol. The minimum Gasteiger partial charge on any atom is -0.494 e. The molecule has 0 aromatic heterocycles. The van der Waals surface area contributed by atoms with Crippen LogP contribution < -0.4 is 4.74 Å². The molecule has 1 heterocycles. The van der Waals surface area contributed by atoms with Crippen LogP contribution in [0.15, 0.2) is 24.3 Å². The van der Waals surface area contributed by atoms with Crippen molar-refractivity contribution in [3.63, 3.8) is 0 Å². The Kier molecular flexibility index (Phi) is 5.23. The number of hydrogen-bond acceptors (Lipinski definition) is 3. The molecule has 1 unspecified atom stereocenters. The lowest BCUT2D eigenvalue weighted by Gasteiger charge is -2.32. The highest BCUT2D eigenvalue weighted by Crippen LogP contribution is 2.21. The summed E-state index contributed by atoms with van der Waals surface area (Å²) in [5.41, 5.74) is 0.910. The fourth-order valence-electron chi connectivity index (χ4n) is 2.69. The van der Waals surface area contributed by atoms with Gasteiger partial charge in [-0.3, -0.25) is 0 Å². The second-order valence-electron chi connectivity index (χ2n) is 5.52. The molecule has 1 fully saturated rings. The van der Waals surface area contributed by atoms with E-state index in [-0.39, 0.29) is 0 Å². The highest BCUT2D eigenvalue weighted by atomic mass is 16.5. The first kappa shape index (κ1) is 14.4. The third-order valence-electron chi connectivity index (χ3n) is 3.98. The summed E-state index contributed by atoms with van der Waals surface area (Å²) in [5, 5.41) is 9.55. The number of nitrogens with zero attached hydrogens (tertiary/aromatic N) is 1. The van der Waals surface area contributed by atoms with Crippen LogP contribution in [0.25, 0.3) is 0 Å². The summed E-state index contributed by atoms with van der Waals surface area (Å²) in [7, 11) is 2.21. The Morgan fingerprint density at radius 2 is 2.26 bits per heavy atom. The van der Waals surface area contributed by atoms with Crippen LogP contribution in [0.5, 0.6) is 5.75 Å². The van der Waals surface area contributed by atoms with Crippen LogP contribution in [-0.2, 0) is 0 Å². The second kappa shape index (κ2) is 6.92. The van der Waals surface area contributed by atoms with Crippen molar-refractivity contribution < 1.29 is 9.84 Å². The molecule has 0 bridgehead atoms. The Morgan fingerprint density at radius 3 is 3.00 bits per heavy atom. The lowest BCUT2D eigenvalue weighted by molar-refractivity contribution is 0.153. The molecule has 1 aromatic rings. The molecule has 19 heavy (non-hydrogen) atoms. The van der Waals surface area contributed by atoms with Crippen molar-refractivity contribution in [2.75, 3.05) is 20.2 Å². The summed E-state index contributed by atoms with van der Waals surface area (Å²) in [6, 6.07) is 8.40. The minimum absolute atomic E-state index is 0.437. The fourth-order valence-corrected chi connectivity index (χ4v) is 2.69. The lowest BCUT2D eigenvalue weighted by Crippen LogP contribution is -2.37. The summed E-state index contributed by atoms with van der Waals surface area (Å²) >= 11 is 0. The number of aliphatic hydroxyl groups excluding tert-OH is 1. The number of benzene rings is 1. The Hall–Kier alpha value is -1.06. The van der Waals surface area contributed by atoms with Gasteiger partial charge in [0.25, 0.3) is 0 Å². The molecular weight excluding hydrogens is 238 g/mol. The van der Waals surface area contributed by atoms with Gasteiger partial charge in [-0.2, -0.15) is 0 Å². The van der Waals surface area contributed by atoms with E-state index in [1.807, 2.05) is 24.3 Å². The molecule has 1 aliphatic heterocycles. The van der Waals surface area contributed by atoms with Gasteiger partial charge >= 0.3 is 0 Å². The molecule has 1 saturated heterocycles. The molecule has 3 heteroatoms. The smallest absolute Gasteiger partial charge is 0.119 e. The van der Waals surface area contributed by atoms with Crippen molar-refractivity contribution in [1.82, 2.24) is 4.90 Å². The zero-order valence-corrected chi connectivity index (χ0v) is 12.0. The van der Waals surface area contributed by atoms with Gasteiger partial charge in [-0.1, -0.05) is 18.6 Å². The highest BCUT2D eigenvalue weighted by Gasteiger charge is 2.18. The predicted octanol–water partition coefficient (Wildman–Crippen LogP) is 2.99. The van der Waals surface area contributed by atoms with Gasteiger partial charge in [0.1, 0.15) is 5.75 Å². The van der Waals surface area contributed by atoms with E-state index >= 15 is 0 Å². The quantitative estimate of drug-likeness (QED) is 0.886. The van der Waals surface area contributed by atoms with Crippen molar-refractivity contribution in [2.24, 2.45) is 0 Å². The molecule has 0 aliphatic carbocycles. The van der Waals surface area contributed by atoms with E-state index in [1.165, 1.54) is 25.8 Å². The third-order valence-corrected chi connectivity index (χ3v) is 3.98. The van der Waals surface area contributed by atoms with Crippen molar-refractivity contribution in [3.8, 4) is 5.75 Å². The average Bonchev–Trinajstić information content (AvgIpc) is 2.41. The minimum atomic E-state index is -0.437. The van der Waals surface area contributed by atoms with Gasteiger partial charge in [-0.25, -0.2) is 0 Å². The molecular formula is C16H25NO2. The molecule has 2 rings (SSSR count). The molecule has 2 atom stereocenters. The SMILES string of the molecule is C[C@H](O)c1cccc(OCCC2CCCCN2C)c1. The van der Waals surface area contributed by atoms with Crippen LogP contribution in [0.4, 0.5) is 0 Å². The average molecular weight is 263 g/mol. The van der Waals surface area contributed by atoms with E-state index in [1.54, 1.807) is 6.92 Å². The Labute approximate surface area is 116 Å². The van der Waals surface area contributed by atoms with Crippen LogP contribution in [0.2, 0.25) is 0 Å². The molecule has 106 valence electrons. The molecule has 0 radical (unpaired) electrons. The number of piperidine rings is 1.